The number of carbonyl (C=O) groups is 1. The zero-order valence-electron chi connectivity index (χ0n) is 12.6. The molecule has 1 heterocycles. The minimum absolute atomic E-state index is 0.106. The van der Waals surface area contributed by atoms with Gasteiger partial charge in [-0.1, -0.05) is 12.1 Å². The topological polar surface area (TPSA) is 47.6 Å². The van der Waals surface area contributed by atoms with Crippen LogP contribution in [-0.4, -0.2) is 30.9 Å². The van der Waals surface area contributed by atoms with E-state index in [-0.39, 0.29) is 17.8 Å². The lowest BCUT2D eigenvalue weighted by molar-refractivity contribution is -0.119. The third kappa shape index (κ3) is 4.17. The standard InChI is InChI=1S/C17H15F2NO3S/c18-13-6-5-12(7-14(13)19)24-10-17(21)20-8-11-9-22-15-3-1-2-4-16(15)23-11/h1-7,11H,8-10H2,(H,20,21). The van der Waals surface area contributed by atoms with E-state index in [0.717, 1.165) is 23.9 Å². The molecule has 2 aromatic carbocycles. The number of nitrogens with one attached hydrogen (secondary N) is 1. The second-order valence-electron chi connectivity index (χ2n) is 5.17. The fourth-order valence-corrected chi connectivity index (χ4v) is 2.91. The van der Waals surface area contributed by atoms with Crippen molar-refractivity contribution in [3.8, 4) is 11.5 Å². The number of benzene rings is 2. The van der Waals surface area contributed by atoms with Gasteiger partial charge in [-0.2, -0.15) is 0 Å². The van der Waals surface area contributed by atoms with Crippen LogP contribution in [0.3, 0.4) is 0 Å². The monoisotopic (exact) mass is 351 g/mol. The van der Waals surface area contributed by atoms with Crippen LogP contribution in [0.2, 0.25) is 0 Å². The molecule has 0 saturated carbocycles. The summed E-state index contributed by atoms with van der Waals surface area (Å²) in [6.45, 7) is 0.666. The number of halogens is 2. The largest absolute Gasteiger partial charge is 0.486 e. The second-order valence-corrected chi connectivity index (χ2v) is 6.22. The van der Waals surface area contributed by atoms with Crippen LogP contribution in [-0.2, 0) is 4.79 Å². The van der Waals surface area contributed by atoms with Gasteiger partial charge in [0.2, 0.25) is 5.91 Å². The molecule has 3 rings (SSSR count). The molecule has 0 fully saturated rings. The highest BCUT2D eigenvalue weighted by atomic mass is 32.2. The van der Waals surface area contributed by atoms with E-state index in [1.54, 1.807) is 0 Å². The maximum atomic E-state index is 13.1. The Morgan fingerprint density at radius 1 is 1.17 bits per heavy atom. The predicted molar refractivity (Wildman–Crippen MR) is 86.4 cm³/mol. The van der Waals surface area contributed by atoms with E-state index in [4.69, 9.17) is 9.47 Å². The zero-order valence-corrected chi connectivity index (χ0v) is 13.4. The van der Waals surface area contributed by atoms with E-state index in [0.29, 0.717) is 29.5 Å². The van der Waals surface area contributed by atoms with Gasteiger partial charge in [-0.05, 0) is 30.3 Å². The lowest BCUT2D eigenvalue weighted by atomic mass is 10.2. The van der Waals surface area contributed by atoms with Crippen molar-refractivity contribution < 1.29 is 23.0 Å². The first-order valence-electron chi connectivity index (χ1n) is 7.35. The summed E-state index contributed by atoms with van der Waals surface area (Å²) in [4.78, 5) is 12.4. The fourth-order valence-electron chi connectivity index (χ4n) is 2.16. The summed E-state index contributed by atoms with van der Waals surface area (Å²) >= 11 is 1.14. The van der Waals surface area contributed by atoms with Gasteiger partial charge < -0.3 is 14.8 Å². The van der Waals surface area contributed by atoms with Crippen molar-refractivity contribution in [1.82, 2.24) is 5.32 Å². The van der Waals surface area contributed by atoms with Crippen LogP contribution in [0.1, 0.15) is 0 Å². The highest BCUT2D eigenvalue weighted by Crippen LogP contribution is 2.30. The Bertz CT molecular complexity index is 742. The van der Waals surface area contributed by atoms with Crippen molar-refractivity contribution in [2.45, 2.75) is 11.0 Å². The molecule has 1 amide bonds. The molecule has 0 aliphatic carbocycles. The van der Waals surface area contributed by atoms with Crippen molar-refractivity contribution in [2.24, 2.45) is 0 Å². The summed E-state index contributed by atoms with van der Waals surface area (Å²) in [6.07, 6.45) is -0.267. The van der Waals surface area contributed by atoms with Crippen LogP contribution in [0.25, 0.3) is 0 Å². The Morgan fingerprint density at radius 2 is 1.96 bits per heavy atom. The van der Waals surface area contributed by atoms with E-state index in [9.17, 15) is 13.6 Å². The third-order valence-corrected chi connectivity index (χ3v) is 4.35. The van der Waals surface area contributed by atoms with Gasteiger partial charge in [0.15, 0.2) is 23.1 Å². The smallest absolute Gasteiger partial charge is 0.230 e. The Morgan fingerprint density at radius 3 is 2.75 bits per heavy atom. The molecule has 7 heteroatoms. The maximum Gasteiger partial charge on any atom is 0.230 e. The lowest BCUT2D eigenvalue weighted by Crippen LogP contribution is -2.41. The Balaban J connectivity index is 1.44. The number of para-hydroxylation sites is 2. The molecule has 0 bridgehead atoms. The summed E-state index contributed by atoms with van der Waals surface area (Å²) in [6, 6.07) is 10.9. The number of thioether (sulfide) groups is 1. The molecule has 0 radical (unpaired) electrons. The number of amides is 1. The summed E-state index contributed by atoms with van der Waals surface area (Å²) in [7, 11) is 0. The first-order chi connectivity index (χ1) is 11.6. The molecule has 0 spiro atoms. The molecule has 126 valence electrons. The molecular formula is C17H15F2NO3S. The van der Waals surface area contributed by atoms with Crippen molar-refractivity contribution in [2.75, 3.05) is 18.9 Å². The van der Waals surface area contributed by atoms with Gasteiger partial charge in [-0.25, -0.2) is 8.78 Å². The molecule has 1 N–H and O–H groups in total. The number of ether oxygens (including phenoxy) is 2. The lowest BCUT2D eigenvalue weighted by Gasteiger charge is -2.26. The average molecular weight is 351 g/mol. The highest BCUT2D eigenvalue weighted by molar-refractivity contribution is 8.00. The molecule has 24 heavy (non-hydrogen) atoms. The van der Waals surface area contributed by atoms with Crippen molar-refractivity contribution in [3.05, 3.63) is 54.1 Å². The van der Waals surface area contributed by atoms with Crippen LogP contribution in [0.5, 0.6) is 11.5 Å². The number of carbonyl (C=O) groups excluding carboxylic acids is 1. The third-order valence-electron chi connectivity index (χ3n) is 3.36. The Kier molecular flexibility index (Phi) is 5.20. The van der Waals surface area contributed by atoms with E-state index >= 15 is 0 Å². The summed E-state index contributed by atoms with van der Waals surface area (Å²) in [5, 5.41) is 2.75. The first-order valence-corrected chi connectivity index (χ1v) is 8.33. The van der Waals surface area contributed by atoms with Crippen molar-refractivity contribution in [1.29, 1.82) is 0 Å². The molecule has 4 nitrogen and oxygen atoms in total. The summed E-state index contributed by atoms with van der Waals surface area (Å²) in [5.74, 6) is -0.597. The van der Waals surface area contributed by atoms with Gasteiger partial charge in [0, 0.05) is 4.90 Å². The van der Waals surface area contributed by atoms with Gasteiger partial charge in [-0.3, -0.25) is 4.79 Å². The molecule has 1 unspecified atom stereocenters. The predicted octanol–water partition coefficient (Wildman–Crippen LogP) is 3.01. The van der Waals surface area contributed by atoms with Gasteiger partial charge in [-0.15, -0.1) is 11.8 Å². The molecular weight excluding hydrogens is 336 g/mol. The molecule has 1 atom stereocenters. The number of hydrogen-bond donors (Lipinski definition) is 1. The Labute approximate surface area is 142 Å². The molecule has 1 aliphatic rings. The summed E-state index contributed by atoms with van der Waals surface area (Å²) < 4.78 is 37.2. The second kappa shape index (κ2) is 7.53. The SMILES string of the molecule is O=C(CSc1ccc(F)c(F)c1)NCC1COc2ccccc2O1. The summed E-state index contributed by atoms with van der Waals surface area (Å²) in [5.41, 5.74) is 0. The van der Waals surface area contributed by atoms with Gasteiger partial charge in [0.05, 0.1) is 12.3 Å². The Hall–Kier alpha value is -2.28. The minimum Gasteiger partial charge on any atom is -0.486 e. The first kappa shape index (κ1) is 16.6. The van der Waals surface area contributed by atoms with E-state index in [1.165, 1.54) is 6.07 Å². The average Bonchev–Trinajstić information content (AvgIpc) is 2.60. The minimum atomic E-state index is -0.924. The molecule has 0 saturated heterocycles. The number of hydrogen-bond acceptors (Lipinski definition) is 4. The van der Waals surface area contributed by atoms with E-state index in [1.807, 2.05) is 24.3 Å². The van der Waals surface area contributed by atoms with Crippen LogP contribution in [0.15, 0.2) is 47.4 Å². The van der Waals surface area contributed by atoms with Crippen LogP contribution in [0.4, 0.5) is 8.78 Å². The zero-order chi connectivity index (χ0) is 16.9. The van der Waals surface area contributed by atoms with Gasteiger partial charge in [0.25, 0.3) is 0 Å². The normalized spacial score (nSPS) is 15.8. The molecule has 2 aromatic rings. The van der Waals surface area contributed by atoms with Gasteiger partial charge in [0.1, 0.15) is 12.7 Å². The fraction of sp³-hybridized carbons (Fsp3) is 0.235. The van der Waals surface area contributed by atoms with Crippen LogP contribution < -0.4 is 14.8 Å². The maximum absolute atomic E-state index is 13.1. The molecule has 1 aliphatic heterocycles. The van der Waals surface area contributed by atoms with Crippen LogP contribution >= 0.6 is 11.8 Å². The van der Waals surface area contributed by atoms with Crippen molar-refractivity contribution >= 4 is 17.7 Å². The van der Waals surface area contributed by atoms with Crippen LogP contribution in [0, 0.1) is 11.6 Å². The van der Waals surface area contributed by atoms with Crippen molar-refractivity contribution in [3.63, 3.8) is 0 Å². The quantitative estimate of drug-likeness (QED) is 0.842. The number of fused-ring (bicyclic) bond motifs is 1. The molecule has 0 aromatic heterocycles. The highest BCUT2D eigenvalue weighted by Gasteiger charge is 2.21. The van der Waals surface area contributed by atoms with E-state index < -0.39 is 11.6 Å². The van der Waals surface area contributed by atoms with Gasteiger partial charge >= 0.3 is 0 Å². The van der Waals surface area contributed by atoms with E-state index in [2.05, 4.69) is 5.32 Å². The number of rotatable bonds is 5.